The first kappa shape index (κ1) is 12.5. The maximum Gasteiger partial charge on any atom is 0.240 e. The standard InChI is InChI=1S/C12H18N2O2S/c13-9-11-2-1-3-12(8-11)17(15,16)14-7-6-10-4-5-10/h1-3,8,10,14H,4-7,9,13H2. The molecule has 94 valence electrons. The Balaban J connectivity index is 2.01. The van der Waals surface area contributed by atoms with Crippen molar-refractivity contribution >= 4 is 10.0 Å². The van der Waals surface area contributed by atoms with Gasteiger partial charge in [0.25, 0.3) is 0 Å². The second-order valence-corrected chi connectivity index (χ2v) is 6.25. The Morgan fingerprint density at radius 1 is 1.35 bits per heavy atom. The average Bonchev–Trinajstić information content (AvgIpc) is 3.13. The summed E-state index contributed by atoms with van der Waals surface area (Å²) in [6.07, 6.45) is 3.42. The number of nitrogens with two attached hydrogens (primary N) is 1. The second-order valence-electron chi connectivity index (χ2n) is 4.48. The predicted octanol–water partition coefficient (Wildman–Crippen LogP) is 1.22. The van der Waals surface area contributed by atoms with Crippen molar-refractivity contribution < 1.29 is 8.42 Å². The maximum atomic E-state index is 12.0. The molecule has 17 heavy (non-hydrogen) atoms. The van der Waals surface area contributed by atoms with Crippen molar-refractivity contribution in [2.24, 2.45) is 11.7 Å². The summed E-state index contributed by atoms with van der Waals surface area (Å²) >= 11 is 0. The molecule has 0 radical (unpaired) electrons. The summed E-state index contributed by atoms with van der Waals surface area (Å²) in [5.74, 6) is 0.730. The highest BCUT2D eigenvalue weighted by molar-refractivity contribution is 7.89. The lowest BCUT2D eigenvalue weighted by atomic mass is 10.2. The van der Waals surface area contributed by atoms with Crippen LogP contribution in [0.5, 0.6) is 0 Å². The van der Waals surface area contributed by atoms with Gasteiger partial charge >= 0.3 is 0 Å². The number of nitrogens with one attached hydrogen (secondary N) is 1. The van der Waals surface area contributed by atoms with E-state index in [4.69, 9.17) is 5.73 Å². The normalized spacial score (nSPS) is 16.1. The average molecular weight is 254 g/mol. The quantitative estimate of drug-likeness (QED) is 0.802. The summed E-state index contributed by atoms with van der Waals surface area (Å²) in [5, 5.41) is 0. The zero-order valence-corrected chi connectivity index (χ0v) is 10.5. The van der Waals surface area contributed by atoms with Crippen LogP contribution in [0, 0.1) is 5.92 Å². The fourth-order valence-corrected chi connectivity index (χ4v) is 2.84. The summed E-state index contributed by atoms with van der Waals surface area (Å²) in [7, 11) is -3.37. The summed E-state index contributed by atoms with van der Waals surface area (Å²) in [6, 6.07) is 6.76. The third kappa shape index (κ3) is 3.52. The molecule has 0 aliphatic heterocycles. The van der Waals surface area contributed by atoms with Crippen LogP contribution < -0.4 is 10.5 Å². The monoisotopic (exact) mass is 254 g/mol. The molecule has 1 aromatic carbocycles. The highest BCUT2D eigenvalue weighted by Crippen LogP contribution is 2.31. The summed E-state index contributed by atoms with van der Waals surface area (Å²) < 4.78 is 26.5. The molecule has 1 fully saturated rings. The molecule has 1 aromatic rings. The lowest BCUT2D eigenvalue weighted by Crippen LogP contribution is -2.25. The Bertz CT molecular complexity index is 481. The molecule has 1 aliphatic carbocycles. The van der Waals surface area contributed by atoms with Crippen LogP contribution in [0.4, 0.5) is 0 Å². The van der Waals surface area contributed by atoms with Crippen molar-refractivity contribution in [1.82, 2.24) is 4.72 Å². The molecular weight excluding hydrogens is 236 g/mol. The molecule has 0 spiro atoms. The summed E-state index contributed by atoms with van der Waals surface area (Å²) in [5.41, 5.74) is 6.32. The molecule has 5 heteroatoms. The first-order valence-corrected chi connectivity index (χ1v) is 7.39. The summed E-state index contributed by atoms with van der Waals surface area (Å²) in [6.45, 7) is 0.880. The first-order valence-electron chi connectivity index (χ1n) is 5.90. The SMILES string of the molecule is NCc1cccc(S(=O)(=O)NCCC2CC2)c1. The van der Waals surface area contributed by atoms with E-state index in [0.29, 0.717) is 18.0 Å². The van der Waals surface area contributed by atoms with Gasteiger partial charge in [0.1, 0.15) is 0 Å². The van der Waals surface area contributed by atoms with E-state index in [1.807, 2.05) is 6.07 Å². The molecule has 0 bridgehead atoms. The number of hydrogen-bond acceptors (Lipinski definition) is 3. The fraction of sp³-hybridized carbons (Fsp3) is 0.500. The molecule has 1 saturated carbocycles. The Hall–Kier alpha value is -0.910. The third-order valence-corrected chi connectivity index (χ3v) is 4.44. The van der Waals surface area contributed by atoms with E-state index in [0.717, 1.165) is 17.9 Å². The van der Waals surface area contributed by atoms with Gasteiger partial charge in [-0.15, -0.1) is 0 Å². The third-order valence-electron chi connectivity index (χ3n) is 2.99. The first-order chi connectivity index (χ1) is 8.12. The molecule has 0 saturated heterocycles. The molecule has 0 unspecified atom stereocenters. The van der Waals surface area contributed by atoms with Gasteiger partial charge in [0.15, 0.2) is 0 Å². The lowest BCUT2D eigenvalue weighted by Gasteiger charge is -2.07. The molecule has 0 amide bonds. The van der Waals surface area contributed by atoms with Gasteiger partial charge in [0.05, 0.1) is 4.90 Å². The number of hydrogen-bond donors (Lipinski definition) is 2. The molecule has 0 heterocycles. The molecule has 1 aliphatic rings. The summed E-state index contributed by atoms with van der Waals surface area (Å²) in [4.78, 5) is 0.302. The van der Waals surface area contributed by atoms with E-state index in [1.165, 1.54) is 12.8 Å². The van der Waals surface area contributed by atoms with Gasteiger partial charge in [-0.1, -0.05) is 25.0 Å². The minimum Gasteiger partial charge on any atom is -0.326 e. The van der Waals surface area contributed by atoms with Crippen LogP contribution in [0.2, 0.25) is 0 Å². The largest absolute Gasteiger partial charge is 0.326 e. The second kappa shape index (κ2) is 5.16. The van der Waals surface area contributed by atoms with Crippen molar-refractivity contribution in [2.75, 3.05) is 6.54 Å². The van der Waals surface area contributed by atoms with Gasteiger partial charge in [0, 0.05) is 13.1 Å². The van der Waals surface area contributed by atoms with E-state index < -0.39 is 10.0 Å². The zero-order chi connectivity index (χ0) is 12.3. The smallest absolute Gasteiger partial charge is 0.240 e. The van der Waals surface area contributed by atoms with Gasteiger partial charge in [-0.25, -0.2) is 13.1 Å². The topological polar surface area (TPSA) is 72.2 Å². The van der Waals surface area contributed by atoms with E-state index >= 15 is 0 Å². The van der Waals surface area contributed by atoms with Crippen LogP contribution in [0.25, 0.3) is 0 Å². The minimum absolute atomic E-state index is 0.302. The van der Waals surface area contributed by atoms with Crippen LogP contribution in [0.3, 0.4) is 0 Å². The van der Waals surface area contributed by atoms with Crippen LogP contribution in [-0.4, -0.2) is 15.0 Å². The van der Waals surface area contributed by atoms with E-state index in [-0.39, 0.29) is 0 Å². The molecule has 4 nitrogen and oxygen atoms in total. The highest BCUT2D eigenvalue weighted by Gasteiger charge is 2.22. The Labute approximate surface area is 102 Å². The number of sulfonamides is 1. The fourth-order valence-electron chi connectivity index (χ4n) is 1.73. The highest BCUT2D eigenvalue weighted by atomic mass is 32.2. The number of benzene rings is 1. The van der Waals surface area contributed by atoms with Crippen molar-refractivity contribution in [2.45, 2.75) is 30.7 Å². The van der Waals surface area contributed by atoms with Crippen LogP contribution in [0.15, 0.2) is 29.2 Å². The Morgan fingerprint density at radius 3 is 2.76 bits per heavy atom. The van der Waals surface area contributed by atoms with Crippen LogP contribution in [-0.2, 0) is 16.6 Å². The van der Waals surface area contributed by atoms with Crippen molar-refractivity contribution in [3.63, 3.8) is 0 Å². The van der Waals surface area contributed by atoms with E-state index in [1.54, 1.807) is 18.2 Å². The zero-order valence-electron chi connectivity index (χ0n) is 9.72. The predicted molar refractivity (Wildman–Crippen MR) is 66.9 cm³/mol. The van der Waals surface area contributed by atoms with Gasteiger partial charge in [-0.2, -0.15) is 0 Å². The molecule has 0 aromatic heterocycles. The van der Waals surface area contributed by atoms with Crippen LogP contribution >= 0.6 is 0 Å². The van der Waals surface area contributed by atoms with Crippen molar-refractivity contribution in [3.05, 3.63) is 29.8 Å². The minimum atomic E-state index is -3.37. The Morgan fingerprint density at radius 2 is 2.12 bits per heavy atom. The van der Waals surface area contributed by atoms with Crippen LogP contribution in [0.1, 0.15) is 24.8 Å². The number of rotatable bonds is 6. The van der Waals surface area contributed by atoms with E-state index in [2.05, 4.69) is 4.72 Å². The lowest BCUT2D eigenvalue weighted by molar-refractivity contribution is 0.575. The van der Waals surface area contributed by atoms with Crippen molar-refractivity contribution in [1.29, 1.82) is 0 Å². The van der Waals surface area contributed by atoms with Crippen molar-refractivity contribution in [3.8, 4) is 0 Å². The van der Waals surface area contributed by atoms with Gasteiger partial charge in [-0.05, 0) is 30.0 Å². The molecule has 3 N–H and O–H groups in total. The van der Waals surface area contributed by atoms with Gasteiger partial charge in [0.2, 0.25) is 10.0 Å². The van der Waals surface area contributed by atoms with Gasteiger partial charge < -0.3 is 5.73 Å². The maximum absolute atomic E-state index is 12.0. The Kier molecular flexibility index (Phi) is 3.81. The van der Waals surface area contributed by atoms with E-state index in [9.17, 15) is 8.42 Å². The molecule has 2 rings (SSSR count). The van der Waals surface area contributed by atoms with Gasteiger partial charge in [-0.3, -0.25) is 0 Å². The molecular formula is C12H18N2O2S. The molecule has 0 atom stereocenters.